The highest BCUT2D eigenvalue weighted by Crippen LogP contribution is 2.47. The summed E-state index contributed by atoms with van der Waals surface area (Å²) in [6, 6.07) is 7.41. The summed E-state index contributed by atoms with van der Waals surface area (Å²) in [4.78, 5) is 36.5. The Labute approximate surface area is 186 Å². The Morgan fingerprint density at radius 1 is 1.36 bits per heavy atom. The van der Waals surface area contributed by atoms with Crippen LogP contribution in [0, 0.1) is 0 Å². The van der Waals surface area contributed by atoms with Crippen molar-refractivity contribution in [2.75, 3.05) is 6.61 Å². The molecule has 33 heavy (non-hydrogen) atoms. The van der Waals surface area contributed by atoms with Crippen LogP contribution in [0.25, 0.3) is 0 Å². The average Bonchev–Trinajstić information content (AvgIpc) is 2.96. The second-order valence-corrected chi connectivity index (χ2v) is 9.22. The van der Waals surface area contributed by atoms with Crippen molar-refractivity contribution in [1.29, 1.82) is 0 Å². The number of benzene rings is 1. The zero-order valence-electron chi connectivity index (χ0n) is 17.6. The van der Waals surface area contributed by atoms with Gasteiger partial charge < -0.3 is 19.5 Å². The van der Waals surface area contributed by atoms with Gasteiger partial charge in [-0.05, 0) is 26.0 Å². The predicted molar refractivity (Wildman–Crippen MR) is 112 cm³/mol. The Morgan fingerprint density at radius 2 is 2.03 bits per heavy atom. The highest BCUT2D eigenvalue weighted by atomic mass is 31.2. The van der Waals surface area contributed by atoms with E-state index in [9.17, 15) is 24.1 Å². The van der Waals surface area contributed by atoms with Crippen molar-refractivity contribution in [1.82, 2.24) is 14.6 Å². The maximum atomic E-state index is 15.3. The van der Waals surface area contributed by atoms with Crippen molar-refractivity contribution in [3.8, 4) is 5.75 Å². The number of halogens is 1. The van der Waals surface area contributed by atoms with Gasteiger partial charge >= 0.3 is 19.4 Å². The SMILES string of the molecule is C[C@@H](N[P@](=O)(OC[C@H]1O[C@@H](n2ccc(=O)[nH]c2=O)[C@](C)(F)[C@@H]1O)Oc1ccccc1)C(=O)O. The number of nitrogens with zero attached hydrogens (tertiary/aromatic N) is 1. The van der Waals surface area contributed by atoms with Gasteiger partial charge in [0, 0.05) is 12.3 Å². The second kappa shape index (κ2) is 9.57. The van der Waals surface area contributed by atoms with Crippen molar-refractivity contribution >= 4 is 13.7 Å². The zero-order valence-corrected chi connectivity index (χ0v) is 18.5. The molecule has 2 aromatic rings. The number of H-pyrrole nitrogens is 1. The molecule has 12 nitrogen and oxygen atoms in total. The first-order valence-corrected chi connectivity index (χ1v) is 11.3. The number of carboxylic acid groups (broad SMARTS) is 1. The van der Waals surface area contributed by atoms with Crippen molar-refractivity contribution < 1.29 is 37.7 Å². The summed E-state index contributed by atoms with van der Waals surface area (Å²) in [6.07, 6.45) is -3.87. The van der Waals surface area contributed by atoms with Gasteiger partial charge in [0.1, 0.15) is 24.0 Å². The van der Waals surface area contributed by atoms with Gasteiger partial charge in [-0.15, -0.1) is 0 Å². The molecule has 4 N–H and O–H groups in total. The van der Waals surface area contributed by atoms with Crippen LogP contribution in [0.3, 0.4) is 0 Å². The van der Waals surface area contributed by atoms with Gasteiger partial charge in [0.05, 0.1) is 6.61 Å². The van der Waals surface area contributed by atoms with Crippen LogP contribution in [0.5, 0.6) is 5.75 Å². The molecule has 1 fully saturated rings. The van der Waals surface area contributed by atoms with Crippen molar-refractivity contribution in [3.63, 3.8) is 0 Å². The van der Waals surface area contributed by atoms with Crippen molar-refractivity contribution in [2.45, 2.75) is 44.0 Å². The predicted octanol–water partition coefficient (Wildman–Crippen LogP) is 0.789. The first-order valence-electron chi connectivity index (χ1n) is 9.77. The Kier molecular flexibility index (Phi) is 7.20. The highest BCUT2D eigenvalue weighted by molar-refractivity contribution is 7.52. The Hall–Kier alpha value is -2.83. The van der Waals surface area contributed by atoms with E-state index in [1.54, 1.807) is 18.2 Å². The molecule has 0 aliphatic carbocycles. The van der Waals surface area contributed by atoms with Gasteiger partial charge in [-0.2, -0.15) is 5.09 Å². The van der Waals surface area contributed by atoms with E-state index in [-0.39, 0.29) is 5.75 Å². The molecule has 3 rings (SSSR count). The molecule has 0 spiro atoms. The number of para-hydroxylation sites is 1. The van der Waals surface area contributed by atoms with Gasteiger partial charge in [0.25, 0.3) is 5.56 Å². The quantitative estimate of drug-likeness (QED) is 0.371. The maximum absolute atomic E-state index is 15.3. The molecule has 180 valence electrons. The fourth-order valence-electron chi connectivity index (χ4n) is 3.14. The Morgan fingerprint density at radius 3 is 2.64 bits per heavy atom. The van der Waals surface area contributed by atoms with Crippen LogP contribution in [0.1, 0.15) is 20.1 Å². The van der Waals surface area contributed by atoms with Crippen molar-refractivity contribution in [2.24, 2.45) is 0 Å². The number of aliphatic carboxylic acids is 1. The van der Waals surface area contributed by atoms with E-state index in [0.717, 1.165) is 23.8 Å². The van der Waals surface area contributed by atoms with Gasteiger partial charge in [-0.1, -0.05) is 18.2 Å². The molecule has 1 aromatic heterocycles. The number of hydrogen-bond acceptors (Lipinski definition) is 8. The van der Waals surface area contributed by atoms with Crippen LogP contribution >= 0.6 is 7.75 Å². The second-order valence-electron chi connectivity index (χ2n) is 7.53. The number of alkyl halides is 1. The van der Waals surface area contributed by atoms with Gasteiger partial charge in [0.15, 0.2) is 11.9 Å². The summed E-state index contributed by atoms with van der Waals surface area (Å²) in [5, 5.41) is 21.8. The number of aliphatic hydroxyl groups excluding tert-OH is 1. The average molecular weight is 487 g/mol. The van der Waals surface area contributed by atoms with Crippen LogP contribution < -0.4 is 20.9 Å². The van der Waals surface area contributed by atoms with Crippen LogP contribution in [0.2, 0.25) is 0 Å². The molecule has 6 atom stereocenters. The fraction of sp³-hybridized carbons (Fsp3) is 0.421. The molecule has 0 unspecified atom stereocenters. The first-order chi connectivity index (χ1) is 15.4. The van der Waals surface area contributed by atoms with Crippen LogP contribution in [-0.4, -0.2) is 56.3 Å². The summed E-state index contributed by atoms with van der Waals surface area (Å²) < 4.78 is 45.4. The normalized spacial score (nSPS) is 27.6. The molecule has 0 bridgehead atoms. The number of carbonyl (C=O) groups is 1. The van der Waals surface area contributed by atoms with E-state index < -0.39 is 61.7 Å². The van der Waals surface area contributed by atoms with E-state index in [1.165, 1.54) is 19.1 Å². The number of rotatable bonds is 9. The lowest BCUT2D eigenvalue weighted by atomic mass is 9.98. The molecule has 0 amide bonds. The number of aromatic amines is 1. The fourth-order valence-corrected chi connectivity index (χ4v) is 4.64. The highest BCUT2D eigenvalue weighted by Gasteiger charge is 2.55. The number of hydrogen-bond donors (Lipinski definition) is 4. The Balaban J connectivity index is 1.80. The first kappa shape index (κ1) is 24.8. The molecule has 1 aliphatic rings. The number of carboxylic acids is 1. The summed E-state index contributed by atoms with van der Waals surface area (Å²) in [7, 11) is -4.34. The van der Waals surface area contributed by atoms with Gasteiger partial charge in [-0.3, -0.25) is 23.7 Å². The monoisotopic (exact) mass is 487 g/mol. The minimum absolute atomic E-state index is 0.104. The van der Waals surface area contributed by atoms with Crippen LogP contribution in [-0.2, 0) is 18.6 Å². The lowest BCUT2D eigenvalue weighted by Crippen LogP contribution is -2.43. The molecule has 0 radical (unpaired) electrons. The Bertz CT molecular complexity index is 1150. The minimum Gasteiger partial charge on any atom is -0.480 e. The smallest absolute Gasteiger partial charge is 0.459 e. The van der Waals surface area contributed by atoms with Crippen LogP contribution in [0.15, 0.2) is 52.2 Å². The molecule has 0 saturated carbocycles. The largest absolute Gasteiger partial charge is 0.480 e. The van der Waals surface area contributed by atoms with E-state index in [0.29, 0.717) is 0 Å². The number of aromatic nitrogens is 2. The third-order valence-corrected chi connectivity index (χ3v) is 6.56. The molecule has 1 aromatic carbocycles. The van der Waals surface area contributed by atoms with Gasteiger partial charge in [0.2, 0.25) is 0 Å². The summed E-state index contributed by atoms with van der Waals surface area (Å²) >= 11 is 0. The minimum atomic E-state index is -4.34. The van der Waals surface area contributed by atoms with E-state index >= 15 is 4.39 Å². The van der Waals surface area contributed by atoms with E-state index in [2.05, 4.69) is 5.09 Å². The maximum Gasteiger partial charge on any atom is 0.459 e. The lowest BCUT2D eigenvalue weighted by Gasteiger charge is -2.25. The molecule has 2 heterocycles. The topological polar surface area (TPSA) is 169 Å². The summed E-state index contributed by atoms with van der Waals surface area (Å²) in [5.74, 6) is -1.23. The molecule has 1 saturated heterocycles. The summed E-state index contributed by atoms with van der Waals surface area (Å²) in [5.41, 5.74) is -4.16. The third kappa shape index (κ3) is 5.57. The van der Waals surface area contributed by atoms with Crippen molar-refractivity contribution in [3.05, 3.63) is 63.4 Å². The molecule has 1 aliphatic heterocycles. The molecular weight excluding hydrogens is 464 g/mol. The van der Waals surface area contributed by atoms with Crippen LogP contribution in [0.4, 0.5) is 4.39 Å². The molecule has 14 heteroatoms. The molecular formula is C19H23FN3O9P. The van der Waals surface area contributed by atoms with Gasteiger partial charge in [-0.25, -0.2) is 13.8 Å². The van der Waals surface area contributed by atoms with E-state index in [4.69, 9.17) is 18.9 Å². The number of aliphatic hydroxyl groups is 1. The standard InChI is InChI=1S/C19H23FN3O9P/c1-11(16(26)27)22-33(29,32-12-6-4-3-5-7-12)30-10-13-15(25)19(2,20)17(31-13)23-9-8-14(24)21-18(23)28/h3-9,11,13,15,17,25H,10H2,1-2H3,(H,22,29)(H,26,27)(H,21,24,28)/t11-,13-,15-,17-,19-,33+/m1/s1. The summed E-state index contributed by atoms with van der Waals surface area (Å²) in [6.45, 7) is 1.52. The third-order valence-electron chi connectivity index (χ3n) is 4.92. The lowest BCUT2D eigenvalue weighted by molar-refractivity contribution is -0.138. The zero-order chi connectivity index (χ0) is 24.4. The number of nitrogens with one attached hydrogen (secondary N) is 2. The number of ether oxygens (including phenoxy) is 1. The van der Waals surface area contributed by atoms with E-state index in [1.807, 2.05) is 4.98 Å².